The van der Waals surface area contributed by atoms with Crippen molar-refractivity contribution in [2.45, 2.75) is 37.1 Å². The predicted molar refractivity (Wildman–Crippen MR) is 95.4 cm³/mol. The van der Waals surface area contributed by atoms with Crippen molar-refractivity contribution in [3.05, 3.63) is 34.3 Å². The molecule has 1 aliphatic heterocycles. The van der Waals surface area contributed by atoms with Crippen LogP contribution in [0.3, 0.4) is 0 Å². The molecule has 2 aliphatic rings. The van der Waals surface area contributed by atoms with E-state index in [2.05, 4.69) is 20.8 Å². The van der Waals surface area contributed by atoms with E-state index in [1.165, 1.54) is 0 Å². The fraction of sp³-hybridized carbons (Fsp3) is 0.588. The van der Waals surface area contributed by atoms with E-state index in [1.807, 2.05) is 24.3 Å². The van der Waals surface area contributed by atoms with Crippen LogP contribution in [0.15, 0.2) is 28.7 Å². The molecule has 0 spiro atoms. The molecule has 1 aromatic carbocycles. The van der Waals surface area contributed by atoms with E-state index in [4.69, 9.17) is 4.74 Å². The molecule has 1 saturated heterocycles. The van der Waals surface area contributed by atoms with Gasteiger partial charge in [0.2, 0.25) is 0 Å². The molecule has 0 unspecified atom stereocenters. The summed E-state index contributed by atoms with van der Waals surface area (Å²) in [4.78, 5) is 14.5. The summed E-state index contributed by atoms with van der Waals surface area (Å²) in [6.07, 6.45) is 3.32. The highest BCUT2D eigenvalue weighted by atomic mass is 79.9. The Hall–Kier alpha value is -0.620. The van der Waals surface area contributed by atoms with Crippen LogP contribution in [0.2, 0.25) is 0 Å². The Bertz CT molecular complexity index is 523. The first kappa shape index (κ1) is 18.7. The van der Waals surface area contributed by atoms with Gasteiger partial charge < -0.3 is 9.84 Å². The number of carboxylic acid groups (broad SMARTS) is 1. The second-order valence-corrected chi connectivity index (χ2v) is 7.19. The number of carboxylic acids is 1. The van der Waals surface area contributed by atoms with E-state index in [0.29, 0.717) is 18.9 Å². The van der Waals surface area contributed by atoms with Crippen molar-refractivity contribution in [1.29, 1.82) is 0 Å². The van der Waals surface area contributed by atoms with E-state index in [0.717, 1.165) is 49.2 Å². The van der Waals surface area contributed by atoms with Crippen LogP contribution in [-0.4, -0.2) is 48.3 Å². The number of benzene rings is 1. The van der Waals surface area contributed by atoms with E-state index in [9.17, 15) is 9.90 Å². The molecule has 1 N–H and O–H groups in total. The van der Waals surface area contributed by atoms with Gasteiger partial charge in [-0.3, -0.25) is 9.69 Å². The molecule has 1 heterocycles. The molecule has 4 nitrogen and oxygen atoms in total. The number of rotatable bonds is 3. The Balaban J connectivity index is 0.00000192. The minimum absolute atomic E-state index is 0. The Morgan fingerprint density at radius 3 is 2.26 bits per heavy atom. The molecule has 0 radical (unpaired) electrons. The summed E-state index contributed by atoms with van der Waals surface area (Å²) >= 11 is 3.42. The first-order valence-electron chi connectivity index (χ1n) is 7.93. The van der Waals surface area contributed by atoms with Crippen LogP contribution >= 0.6 is 28.3 Å². The van der Waals surface area contributed by atoms with Gasteiger partial charge in [0.15, 0.2) is 0 Å². The molecule has 0 amide bonds. The van der Waals surface area contributed by atoms with Gasteiger partial charge in [0, 0.05) is 23.6 Å². The molecule has 0 bridgehead atoms. The second kappa shape index (κ2) is 7.97. The highest BCUT2D eigenvalue weighted by Gasteiger charge is 2.44. The minimum Gasteiger partial charge on any atom is -0.481 e. The molecular weight excluding hydrogens is 382 g/mol. The lowest BCUT2D eigenvalue weighted by Crippen LogP contribution is -2.49. The molecule has 1 aromatic rings. The fourth-order valence-corrected chi connectivity index (χ4v) is 4.06. The van der Waals surface area contributed by atoms with Crippen LogP contribution in [0, 0.1) is 0 Å². The van der Waals surface area contributed by atoms with E-state index in [1.54, 1.807) is 0 Å². The maximum Gasteiger partial charge on any atom is 0.314 e. The Labute approximate surface area is 151 Å². The zero-order valence-corrected chi connectivity index (χ0v) is 15.4. The second-order valence-electron chi connectivity index (χ2n) is 6.27. The number of hydrogen-bond donors (Lipinski definition) is 1. The van der Waals surface area contributed by atoms with Gasteiger partial charge in [-0.25, -0.2) is 0 Å². The zero-order chi connectivity index (χ0) is 15.6. The SMILES string of the molecule is Cl.O=C(O)C1(c2ccc(Br)cc2)CCC(N2CCOCC2)CC1. The summed E-state index contributed by atoms with van der Waals surface area (Å²) in [6, 6.07) is 8.29. The molecule has 0 aromatic heterocycles. The maximum absolute atomic E-state index is 12.0. The molecule has 3 rings (SSSR count). The van der Waals surface area contributed by atoms with Gasteiger partial charge in [0.25, 0.3) is 0 Å². The normalized spacial score (nSPS) is 28.8. The number of ether oxygens (including phenoxy) is 1. The molecule has 0 atom stereocenters. The first-order chi connectivity index (χ1) is 10.6. The van der Waals surface area contributed by atoms with Crippen molar-refractivity contribution in [2.24, 2.45) is 0 Å². The van der Waals surface area contributed by atoms with Gasteiger partial charge in [0.1, 0.15) is 0 Å². The van der Waals surface area contributed by atoms with Crippen molar-refractivity contribution in [3.63, 3.8) is 0 Å². The number of carbonyl (C=O) groups is 1. The van der Waals surface area contributed by atoms with Crippen LogP contribution < -0.4 is 0 Å². The quantitative estimate of drug-likeness (QED) is 0.838. The van der Waals surface area contributed by atoms with E-state index < -0.39 is 11.4 Å². The monoisotopic (exact) mass is 403 g/mol. The first-order valence-corrected chi connectivity index (χ1v) is 8.72. The van der Waals surface area contributed by atoms with Gasteiger partial charge in [0.05, 0.1) is 18.6 Å². The molecular formula is C17H23BrClNO3. The Morgan fingerprint density at radius 2 is 1.74 bits per heavy atom. The van der Waals surface area contributed by atoms with Crippen LogP contribution in [-0.2, 0) is 14.9 Å². The molecule has 1 aliphatic carbocycles. The molecule has 2 fully saturated rings. The number of morpholine rings is 1. The maximum atomic E-state index is 12.0. The van der Waals surface area contributed by atoms with Crippen LogP contribution in [0.25, 0.3) is 0 Å². The highest BCUT2D eigenvalue weighted by Crippen LogP contribution is 2.41. The predicted octanol–water partition coefficient (Wildman–Crippen LogP) is 3.47. The third-order valence-corrected chi connectivity index (χ3v) is 5.71. The summed E-state index contributed by atoms with van der Waals surface area (Å²) < 4.78 is 6.39. The van der Waals surface area contributed by atoms with Crippen molar-refractivity contribution < 1.29 is 14.6 Å². The van der Waals surface area contributed by atoms with Gasteiger partial charge in [-0.15, -0.1) is 12.4 Å². The molecule has 128 valence electrons. The fourth-order valence-electron chi connectivity index (χ4n) is 3.80. The molecule has 1 saturated carbocycles. The topological polar surface area (TPSA) is 49.8 Å². The average Bonchev–Trinajstić information content (AvgIpc) is 2.56. The smallest absolute Gasteiger partial charge is 0.314 e. The Morgan fingerprint density at radius 1 is 1.17 bits per heavy atom. The third kappa shape index (κ3) is 3.90. The minimum atomic E-state index is -0.719. The molecule has 23 heavy (non-hydrogen) atoms. The van der Waals surface area contributed by atoms with Gasteiger partial charge >= 0.3 is 5.97 Å². The molecule has 6 heteroatoms. The summed E-state index contributed by atoms with van der Waals surface area (Å²) in [5.41, 5.74) is 0.215. The van der Waals surface area contributed by atoms with Crippen LogP contribution in [0.5, 0.6) is 0 Å². The van der Waals surface area contributed by atoms with E-state index in [-0.39, 0.29) is 12.4 Å². The van der Waals surface area contributed by atoms with Crippen molar-refractivity contribution in [1.82, 2.24) is 4.90 Å². The van der Waals surface area contributed by atoms with Crippen molar-refractivity contribution in [3.8, 4) is 0 Å². The summed E-state index contributed by atoms with van der Waals surface area (Å²) in [5.74, 6) is -0.685. The van der Waals surface area contributed by atoms with Crippen molar-refractivity contribution in [2.75, 3.05) is 26.3 Å². The number of aliphatic carboxylic acids is 1. The van der Waals surface area contributed by atoms with Crippen molar-refractivity contribution >= 4 is 34.3 Å². The highest BCUT2D eigenvalue weighted by molar-refractivity contribution is 9.10. The lowest BCUT2D eigenvalue weighted by molar-refractivity contribution is -0.146. The summed E-state index contributed by atoms with van der Waals surface area (Å²) in [5, 5.41) is 9.86. The lowest BCUT2D eigenvalue weighted by Gasteiger charge is -2.42. The standard InChI is InChI=1S/C17H22BrNO3.ClH/c18-14-3-1-13(2-4-14)17(16(20)21)7-5-15(6-8-17)19-9-11-22-12-10-19;/h1-4,15H,5-12H2,(H,20,21);1H. The summed E-state index contributed by atoms with van der Waals surface area (Å²) in [7, 11) is 0. The van der Waals surface area contributed by atoms with Gasteiger partial charge in [-0.05, 0) is 43.4 Å². The largest absolute Gasteiger partial charge is 0.481 e. The zero-order valence-electron chi connectivity index (χ0n) is 13.0. The lowest BCUT2D eigenvalue weighted by atomic mass is 9.68. The van der Waals surface area contributed by atoms with Gasteiger partial charge in [-0.2, -0.15) is 0 Å². The van der Waals surface area contributed by atoms with Crippen LogP contribution in [0.1, 0.15) is 31.2 Å². The van der Waals surface area contributed by atoms with Gasteiger partial charge in [-0.1, -0.05) is 28.1 Å². The number of hydrogen-bond acceptors (Lipinski definition) is 3. The average molecular weight is 405 g/mol. The third-order valence-electron chi connectivity index (χ3n) is 5.18. The van der Waals surface area contributed by atoms with E-state index >= 15 is 0 Å². The Kier molecular flexibility index (Phi) is 6.48. The number of nitrogens with zero attached hydrogens (tertiary/aromatic N) is 1. The number of halogens is 2. The van der Waals surface area contributed by atoms with Crippen LogP contribution in [0.4, 0.5) is 0 Å². The summed E-state index contributed by atoms with van der Waals surface area (Å²) in [6.45, 7) is 3.55.